The summed E-state index contributed by atoms with van der Waals surface area (Å²) in [4.78, 5) is 33.5. The van der Waals surface area contributed by atoms with E-state index in [1.807, 2.05) is 18.7 Å². The Kier molecular flexibility index (Phi) is 6.77. The van der Waals surface area contributed by atoms with Gasteiger partial charge in [-0.1, -0.05) is 6.92 Å². The molecule has 0 aliphatic carbocycles. The molecule has 1 aromatic heterocycles. The van der Waals surface area contributed by atoms with E-state index in [2.05, 4.69) is 4.98 Å². The molecule has 2 aliphatic heterocycles. The minimum Gasteiger partial charge on any atom is -0.452 e. The van der Waals surface area contributed by atoms with Crippen LogP contribution in [0.1, 0.15) is 49.9 Å². The minimum atomic E-state index is -3.12. The quantitative estimate of drug-likeness (QED) is 0.615. The summed E-state index contributed by atoms with van der Waals surface area (Å²) in [6.45, 7) is 5.10. The predicted molar refractivity (Wildman–Crippen MR) is 110 cm³/mol. The second-order valence-electron chi connectivity index (χ2n) is 7.76. The Bertz CT molecular complexity index is 851. The lowest BCUT2D eigenvalue weighted by molar-refractivity contribution is -0.138. The van der Waals surface area contributed by atoms with Gasteiger partial charge in [0.05, 0.1) is 11.5 Å². The number of carbonyl (C=O) groups excluding carboxylic acids is 2. The summed E-state index contributed by atoms with van der Waals surface area (Å²) in [5.74, 6) is -0.299. The number of sulfone groups is 1. The average Bonchev–Trinajstić information content (AvgIpc) is 3.36. The third-order valence-electron chi connectivity index (χ3n) is 5.69. The maximum atomic E-state index is 12.8. The third kappa shape index (κ3) is 5.07. The fraction of sp³-hybridized carbons (Fsp3) is 0.650. The number of esters is 1. The van der Waals surface area contributed by atoms with Gasteiger partial charge in [-0.2, -0.15) is 0 Å². The number of rotatable bonds is 7. The van der Waals surface area contributed by atoms with E-state index in [0.717, 1.165) is 25.9 Å². The number of anilines is 1. The van der Waals surface area contributed by atoms with Crippen LogP contribution >= 0.6 is 0 Å². The zero-order chi connectivity index (χ0) is 21.0. The molecule has 0 aromatic carbocycles. The highest BCUT2D eigenvalue weighted by Crippen LogP contribution is 2.24. The van der Waals surface area contributed by atoms with Gasteiger partial charge in [0.1, 0.15) is 11.4 Å². The van der Waals surface area contributed by atoms with Gasteiger partial charge in [-0.3, -0.25) is 4.79 Å². The lowest BCUT2D eigenvalue weighted by atomic mass is 10.1. The van der Waals surface area contributed by atoms with Gasteiger partial charge in [0.15, 0.2) is 16.4 Å². The first-order chi connectivity index (χ1) is 13.8. The Morgan fingerprint density at radius 2 is 2.07 bits per heavy atom. The number of ether oxygens (including phenoxy) is 1. The first-order valence-electron chi connectivity index (χ1n) is 10.2. The van der Waals surface area contributed by atoms with Crippen LogP contribution in [0.15, 0.2) is 18.3 Å². The second-order valence-corrected chi connectivity index (χ2v) is 9.99. The summed E-state index contributed by atoms with van der Waals surface area (Å²) in [7, 11) is -3.12. The standard InChI is InChI=1S/C20H29N3O5S/c1-3-15(2)23(16-8-12-29(26,27)14-16)18(24)13-28-20(25)17-7-6-9-21-19(17)22-10-4-5-11-22/h6-7,9,15-16H,3-5,8,10-14H2,1-2H3/t15-,16+/m0/s1. The van der Waals surface area contributed by atoms with Crippen molar-refractivity contribution in [1.82, 2.24) is 9.88 Å². The molecule has 3 heterocycles. The van der Waals surface area contributed by atoms with Gasteiger partial charge in [-0.05, 0) is 44.7 Å². The van der Waals surface area contributed by atoms with Gasteiger partial charge in [0.25, 0.3) is 5.91 Å². The Morgan fingerprint density at radius 1 is 1.34 bits per heavy atom. The Morgan fingerprint density at radius 3 is 2.69 bits per heavy atom. The number of pyridine rings is 1. The van der Waals surface area contributed by atoms with E-state index in [0.29, 0.717) is 24.2 Å². The van der Waals surface area contributed by atoms with E-state index >= 15 is 0 Å². The number of hydrogen-bond acceptors (Lipinski definition) is 7. The van der Waals surface area contributed by atoms with Crippen LogP contribution in [0, 0.1) is 0 Å². The van der Waals surface area contributed by atoms with Crippen LogP contribution in [0.5, 0.6) is 0 Å². The van der Waals surface area contributed by atoms with Crippen LogP contribution in [-0.4, -0.2) is 73.5 Å². The van der Waals surface area contributed by atoms with E-state index in [9.17, 15) is 18.0 Å². The summed E-state index contributed by atoms with van der Waals surface area (Å²) >= 11 is 0. The third-order valence-corrected chi connectivity index (χ3v) is 7.44. The highest BCUT2D eigenvalue weighted by molar-refractivity contribution is 7.91. The highest BCUT2D eigenvalue weighted by atomic mass is 32.2. The molecule has 2 atom stereocenters. The summed E-state index contributed by atoms with van der Waals surface area (Å²) in [5.41, 5.74) is 0.348. The van der Waals surface area contributed by atoms with Crippen LogP contribution in [0.4, 0.5) is 5.82 Å². The van der Waals surface area contributed by atoms with Gasteiger partial charge in [0, 0.05) is 31.4 Å². The molecule has 1 aromatic rings. The predicted octanol–water partition coefficient (Wildman–Crippen LogP) is 1.65. The first kappa shape index (κ1) is 21.5. The number of aromatic nitrogens is 1. The van der Waals surface area contributed by atoms with Crippen LogP contribution in [0.25, 0.3) is 0 Å². The fourth-order valence-corrected chi connectivity index (χ4v) is 5.73. The van der Waals surface area contributed by atoms with Gasteiger partial charge < -0.3 is 14.5 Å². The number of carbonyl (C=O) groups is 2. The molecule has 9 heteroatoms. The van der Waals surface area contributed by atoms with Gasteiger partial charge in [-0.25, -0.2) is 18.2 Å². The minimum absolute atomic E-state index is 0.0290. The maximum absolute atomic E-state index is 12.8. The zero-order valence-corrected chi connectivity index (χ0v) is 17.9. The Hall–Kier alpha value is -2.16. The normalized spacial score (nSPS) is 21.7. The van der Waals surface area contributed by atoms with Crippen LogP contribution < -0.4 is 4.90 Å². The molecule has 1 amide bonds. The molecule has 160 valence electrons. The monoisotopic (exact) mass is 423 g/mol. The van der Waals surface area contributed by atoms with E-state index < -0.39 is 22.4 Å². The lowest BCUT2D eigenvalue weighted by Gasteiger charge is -2.33. The molecule has 0 radical (unpaired) electrons. The first-order valence-corrected chi connectivity index (χ1v) is 12.0. The van der Waals surface area contributed by atoms with E-state index in [1.165, 1.54) is 0 Å². The SMILES string of the molecule is CC[C@H](C)N(C(=O)COC(=O)c1cccnc1N1CCCC1)[C@@H]1CCS(=O)(=O)C1. The van der Waals surface area contributed by atoms with Crippen molar-refractivity contribution in [1.29, 1.82) is 0 Å². The molecule has 0 unspecified atom stereocenters. The number of amides is 1. The molecule has 0 saturated carbocycles. The molecule has 29 heavy (non-hydrogen) atoms. The highest BCUT2D eigenvalue weighted by Gasteiger charge is 2.37. The largest absolute Gasteiger partial charge is 0.452 e. The molecule has 2 saturated heterocycles. The van der Waals surface area contributed by atoms with Crippen LogP contribution in [0.3, 0.4) is 0 Å². The lowest BCUT2D eigenvalue weighted by Crippen LogP contribution is -2.48. The van der Waals surface area contributed by atoms with Crippen molar-refractivity contribution in [3.8, 4) is 0 Å². The number of hydrogen-bond donors (Lipinski definition) is 0. The summed E-state index contributed by atoms with van der Waals surface area (Å²) < 4.78 is 29.0. The second kappa shape index (κ2) is 9.11. The molecule has 0 bridgehead atoms. The van der Waals surface area contributed by atoms with E-state index in [1.54, 1.807) is 23.2 Å². The number of nitrogens with zero attached hydrogens (tertiary/aromatic N) is 3. The molecular formula is C20H29N3O5S. The molecule has 0 spiro atoms. The van der Waals surface area contributed by atoms with Crippen LogP contribution in [0.2, 0.25) is 0 Å². The van der Waals surface area contributed by atoms with Crippen molar-refractivity contribution in [2.24, 2.45) is 0 Å². The molecule has 8 nitrogen and oxygen atoms in total. The summed E-state index contributed by atoms with van der Waals surface area (Å²) in [6.07, 6.45) is 4.86. The van der Waals surface area contributed by atoms with Gasteiger partial charge >= 0.3 is 5.97 Å². The summed E-state index contributed by atoms with van der Waals surface area (Å²) in [6, 6.07) is 2.84. The van der Waals surface area contributed by atoms with Crippen molar-refractivity contribution in [2.75, 3.05) is 36.1 Å². The Balaban J connectivity index is 1.68. The van der Waals surface area contributed by atoms with Crippen molar-refractivity contribution in [3.63, 3.8) is 0 Å². The molecule has 2 fully saturated rings. The van der Waals surface area contributed by atoms with Crippen LogP contribution in [-0.2, 0) is 19.4 Å². The molecule has 2 aliphatic rings. The van der Waals surface area contributed by atoms with Crippen molar-refractivity contribution < 1.29 is 22.7 Å². The molecule has 3 rings (SSSR count). The van der Waals surface area contributed by atoms with E-state index in [4.69, 9.17) is 4.74 Å². The molecular weight excluding hydrogens is 394 g/mol. The maximum Gasteiger partial charge on any atom is 0.342 e. The summed E-state index contributed by atoms with van der Waals surface area (Å²) in [5, 5.41) is 0. The van der Waals surface area contributed by atoms with Crippen molar-refractivity contribution in [2.45, 2.75) is 51.6 Å². The zero-order valence-electron chi connectivity index (χ0n) is 17.0. The smallest absolute Gasteiger partial charge is 0.342 e. The topological polar surface area (TPSA) is 96.9 Å². The van der Waals surface area contributed by atoms with E-state index in [-0.39, 0.29) is 29.5 Å². The van der Waals surface area contributed by atoms with Gasteiger partial charge in [0.2, 0.25) is 0 Å². The average molecular weight is 424 g/mol. The van der Waals surface area contributed by atoms with Gasteiger partial charge in [-0.15, -0.1) is 0 Å². The van der Waals surface area contributed by atoms with Crippen molar-refractivity contribution >= 4 is 27.5 Å². The molecule has 0 N–H and O–H groups in total. The Labute approximate surface area is 172 Å². The van der Waals surface area contributed by atoms with Crippen molar-refractivity contribution in [3.05, 3.63) is 23.9 Å². The fourth-order valence-electron chi connectivity index (χ4n) is 4.02.